The molecule has 0 aliphatic heterocycles. The zero-order valence-corrected chi connectivity index (χ0v) is 11.6. The topological polar surface area (TPSA) is 33.2 Å². The van der Waals surface area contributed by atoms with E-state index in [-0.39, 0.29) is 5.78 Å². The van der Waals surface area contributed by atoms with Gasteiger partial charge in [0.05, 0.1) is 0 Å². The number of rotatable bonds is 4. The van der Waals surface area contributed by atoms with Gasteiger partial charge < -0.3 is 4.90 Å². The highest BCUT2D eigenvalue weighted by Gasteiger charge is 2.10. The Morgan fingerprint density at radius 1 is 1.44 bits per heavy atom. The highest BCUT2D eigenvalue weighted by Crippen LogP contribution is 2.21. The predicted octanol–water partition coefficient (Wildman–Crippen LogP) is 3.29. The monoisotopic (exact) mass is 260 g/mol. The summed E-state index contributed by atoms with van der Waals surface area (Å²) in [6.07, 6.45) is 0. The Bertz CT molecular complexity index is 562. The summed E-state index contributed by atoms with van der Waals surface area (Å²) in [6, 6.07) is 8.40. The van der Waals surface area contributed by atoms with Gasteiger partial charge in [-0.3, -0.25) is 4.79 Å². The third kappa shape index (κ3) is 2.96. The van der Waals surface area contributed by atoms with Gasteiger partial charge >= 0.3 is 0 Å². The van der Waals surface area contributed by atoms with E-state index in [9.17, 15) is 4.79 Å². The SMILES string of the molecule is CC(=O)c1csc(N(C)Cc2cccc(C)c2)n1. The molecule has 0 saturated carbocycles. The molecule has 0 spiro atoms. The summed E-state index contributed by atoms with van der Waals surface area (Å²) < 4.78 is 0. The normalized spacial score (nSPS) is 10.4. The van der Waals surface area contributed by atoms with E-state index in [2.05, 4.69) is 41.1 Å². The maximum Gasteiger partial charge on any atom is 0.186 e. The highest BCUT2D eigenvalue weighted by molar-refractivity contribution is 7.13. The second-order valence-corrected chi connectivity index (χ2v) is 5.25. The Labute approximate surface area is 111 Å². The Kier molecular flexibility index (Phi) is 3.77. The second kappa shape index (κ2) is 5.31. The lowest BCUT2D eigenvalue weighted by molar-refractivity contribution is 0.101. The summed E-state index contributed by atoms with van der Waals surface area (Å²) in [5.74, 6) is 0.0152. The van der Waals surface area contributed by atoms with Gasteiger partial charge in [0.25, 0.3) is 0 Å². The molecular weight excluding hydrogens is 244 g/mol. The van der Waals surface area contributed by atoms with E-state index < -0.39 is 0 Å². The molecule has 0 aliphatic carbocycles. The fourth-order valence-corrected chi connectivity index (χ4v) is 2.58. The lowest BCUT2D eigenvalue weighted by atomic mass is 10.1. The Morgan fingerprint density at radius 3 is 2.83 bits per heavy atom. The van der Waals surface area contributed by atoms with E-state index >= 15 is 0 Å². The molecule has 0 unspecified atom stereocenters. The van der Waals surface area contributed by atoms with Crippen molar-refractivity contribution in [2.45, 2.75) is 20.4 Å². The number of hydrogen-bond acceptors (Lipinski definition) is 4. The van der Waals surface area contributed by atoms with Gasteiger partial charge in [0.2, 0.25) is 0 Å². The van der Waals surface area contributed by atoms with Crippen LogP contribution in [0.15, 0.2) is 29.6 Å². The number of aromatic nitrogens is 1. The van der Waals surface area contributed by atoms with Crippen molar-refractivity contribution in [2.75, 3.05) is 11.9 Å². The number of carbonyl (C=O) groups excluding carboxylic acids is 1. The van der Waals surface area contributed by atoms with Crippen molar-refractivity contribution in [3.8, 4) is 0 Å². The van der Waals surface area contributed by atoms with Crippen LogP contribution in [-0.4, -0.2) is 17.8 Å². The molecule has 0 saturated heterocycles. The maximum absolute atomic E-state index is 11.2. The van der Waals surface area contributed by atoms with Crippen LogP contribution in [-0.2, 0) is 6.54 Å². The second-order valence-electron chi connectivity index (χ2n) is 4.42. The summed E-state index contributed by atoms with van der Waals surface area (Å²) in [5, 5.41) is 2.69. The van der Waals surface area contributed by atoms with Crippen LogP contribution in [0.1, 0.15) is 28.5 Å². The minimum atomic E-state index is 0.0152. The molecule has 1 aromatic heterocycles. The van der Waals surface area contributed by atoms with Crippen molar-refractivity contribution < 1.29 is 4.79 Å². The van der Waals surface area contributed by atoms with Gasteiger partial charge in [-0.1, -0.05) is 29.8 Å². The zero-order chi connectivity index (χ0) is 13.1. The number of benzene rings is 1. The molecule has 0 fully saturated rings. The van der Waals surface area contributed by atoms with Crippen molar-refractivity contribution in [1.29, 1.82) is 0 Å². The van der Waals surface area contributed by atoms with Crippen LogP contribution < -0.4 is 4.90 Å². The molecule has 3 nitrogen and oxygen atoms in total. The molecule has 0 N–H and O–H groups in total. The summed E-state index contributed by atoms with van der Waals surface area (Å²) in [7, 11) is 1.99. The van der Waals surface area contributed by atoms with E-state index in [0.29, 0.717) is 5.69 Å². The van der Waals surface area contributed by atoms with E-state index in [4.69, 9.17) is 0 Å². The molecule has 0 bridgehead atoms. The molecule has 4 heteroatoms. The molecule has 1 heterocycles. The number of hydrogen-bond donors (Lipinski definition) is 0. The maximum atomic E-state index is 11.2. The molecule has 0 atom stereocenters. The Hall–Kier alpha value is -1.68. The summed E-state index contributed by atoms with van der Waals surface area (Å²) in [4.78, 5) is 17.6. The summed E-state index contributed by atoms with van der Waals surface area (Å²) >= 11 is 1.50. The lowest BCUT2D eigenvalue weighted by Crippen LogP contribution is -2.16. The number of anilines is 1. The molecule has 94 valence electrons. The minimum absolute atomic E-state index is 0.0152. The van der Waals surface area contributed by atoms with Crippen LogP contribution in [0.4, 0.5) is 5.13 Å². The molecule has 2 rings (SSSR count). The third-order valence-corrected chi connectivity index (χ3v) is 3.64. The number of aryl methyl sites for hydroxylation is 1. The largest absolute Gasteiger partial charge is 0.347 e. The number of carbonyl (C=O) groups is 1. The van der Waals surface area contributed by atoms with Gasteiger partial charge in [0.15, 0.2) is 10.9 Å². The first-order chi connectivity index (χ1) is 8.56. The first-order valence-corrected chi connectivity index (χ1v) is 6.67. The predicted molar refractivity (Wildman–Crippen MR) is 75.4 cm³/mol. The lowest BCUT2D eigenvalue weighted by Gasteiger charge is -2.15. The van der Waals surface area contributed by atoms with E-state index in [1.54, 1.807) is 6.92 Å². The quantitative estimate of drug-likeness (QED) is 0.791. The summed E-state index contributed by atoms with van der Waals surface area (Å²) in [5.41, 5.74) is 3.05. The van der Waals surface area contributed by atoms with Crippen LogP contribution in [0.3, 0.4) is 0 Å². The first kappa shape index (κ1) is 12.8. The minimum Gasteiger partial charge on any atom is -0.347 e. The van der Waals surface area contributed by atoms with Crippen molar-refractivity contribution in [1.82, 2.24) is 4.98 Å². The zero-order valence-electron chi connectivity index (χ0n) is 10.8. The molecule has 0 aliphatic rings. The Balaban J connectivity index is 2.11. The molecule has 18 heavy (non-hydrogen) atoms. The molecular formula is C14H16N2OS. The smallest absolute Gasteiger partial charge is 0.186 e. The van der Waals surface area contributed by atoms with E-state index in [1.807, 2.05) is 12.4 Å². The van der Waals surface area contributed by atoms with Gasteiger partial charge in [0, 0.05) is 25.9 Å². The van der Waals surface area contributed by atoms with Gasteiger partial charge in [-0.2, -0.15) is 0 Å². The van der Waals surface area contributed by atoms with Gasteiger partial charge in [-0.05, 0) is 12.5 Å². The van der Waals surface area contributed by atoms with Crippen molar-refractivity contribution in [3.63, 3.8) is 0 Å². The van der Waals surface area contributed by atoms with Crippen molar-refractivity contribution >= 4 is 22.3 Å². The molecule has 2 aromatic rings. The van der Waals surface area contributed by atoms with Crippen LogP contribution >= 0.6 is 11.3 Å². The van der Waals surface area contributed by atoms with Gasteiger partial charge in [-0.15, -0.1) is 11.3 Å². The number of nitrogens with zero attached hydrogens (tertiary/aromatic N) is 2. The van der Waals surface area contributed by atoms with E-state index in [1.165, 1.54) is 22.5 Å². The van der Waals surface area contributed by atoms with Crippen molar-refractivity contribution in [3.05, 3.63) is 46.5 Å². The van der Waals surface area contributed by atoms with Crippen LogP contribution in [0.5, 0.6) is 0 Å². The van der Waals surface area contributed by atoms with Crippen LogP contribution in [0.25, 0.3) is 0 Å². The molecule has 0 radical (unpaired) electrons. The van der Waals surface area contributed by atoms with E-state index in [0.717, 1.165) is 11.7 Å². The first-order valence-electron chi connectivity index (χ1n) is 5.79. The number of ketones is 1. The average Bonchev–Trinajstić information content (AvgIpc) is 2.78. The molecule has 1 aromatic carbocycles. The summed E-state index contributed by atoms with van der Waals surface area (Å²) in [6.45, 7) is 4.42. The standard InChI is InChI=1S/C14H16N2OS/c1-10-5-4-6-12(7-10)8-16(3)14-15-13(9-18-14)11(2)17/h4-7,9H,8H2,1-3H3. The van der Waals surface area contributed by atoms with Crippen molar-refractivity contribution in [2.24, 2.45) is 0 Å². The fraction of sp³-hybridized carbons (Fsp3) is 0.286. The fourth-order valence-electron chi connectivity index (χ4n) is 1.75. The number of thiazole rings is 1. The van der Waals surface area contributed by atoms with Crippen LogP contribution in [0, 0.1) is 6.92 Å². The third-order valence-electron chi connectivity index (χ3n) is 2.68. The Morgan fingerprint density at radius 2 is 2.22 bits per heavy atom. The highest BCUT2D eigenvalue weighted by atomic mass is 32.1. The number of Topliss-reactive ketones (excluding diaryl/α,β-unsaturated/α-hetero) is 1. The van der Waals surface area contributed by atoms with Crippen LogP contribution in [0.2, 0.25) is 0 Å². The van der Waals surface area contributed by atoms with Gasteiger partial charge in [0.1, 0.15) is 5.69 Å². The molecule has 0 amide bonds. The van der Waals surface area contributed by atoms with Gasteiger partial charge in [-0.25, -0.2) is 4.98 Å². The average molecular weight is 260 g/mol.